The first-order valence-electron chi connectivity index (χ1n) is 8.44. The number of nitrogens with zero attached hydrogens (tertiary/aromatic N) is 2. The quantitative estimate of drug-likeness (QED) is 0.677. The van der Waals surface area contributed by atoms with E-state index >= 15 is 0 Å². The summed E-state index contributed by atoms with van der Waals surface area (Å²) in [5.74, 6) is 0.572. The van der Waals surface area contributed by atoms with E-state index in [2.05, 4.69) is 25.8 Å². The number of rotatable bonds is 3. The van der Waals surface area contributed by atoms with Gasteiger partial charge in [-0.2, -0.15) is 5.10 Å². The molecule has 1 aliphatic rings. The number of nitrogens with one attached hydrogen (secondary N) is 3. The third kappa shape index (κ3) is 3.38. The second-order valence-electron chi connectivity index (χ2n) is 6.15. The third-order valence-electron chi connectivity index (χ3n) is 4.42. The van der Waals surface area contributed by atoms with Crippen molar-refractivity contribution in [3.05, 3.63) is 59.9 Å². The maximum Gasteiger partial charge on any atom is 0.324 e. The number of carbonyl (C=O) groups is 1. The molecule has 2 amide bonds. The standard InChI is InChI=1S/C19H19N5O/c25-19(23-17-10-14-8-4-5-9-15(14)11-20-17)22-16-12-21-24-18(16)13-6-2-1-3-7-13/h1-3,6-7,10-12H,4-5,8-9H2,(H,21,24)(H2,20,22,23,25). The smallest absolute Gasteiger partial charge is 0.304 e. The Hall–Kier alpha value is -3.15. The van der Waals surface area contributed by atoms with Crippen LogP contribution >= 0.6 is 0 Å². The number of aryl methyl sites for hydroxylation is 2. The summed E-state index contributed by atoms with van der Waals surface area (Å²) in [5, 5.41) is 12.6. The first-order valence-corrected chi connectivity index (χ1v) is 8.44. The summed E-state index contributed by atoms with van der Waals surface area (Å²) in [5.41, 5.74) is 4.93. The van der Waals surface area contributed by atoms with Crippen LogP contribution in [0.1, 0.15) is 24.0 Å². The average molecular weight is 333 g/mol. The summed E-state index contributed by atoms with van der Waals surface area (Å²) in [6, 6.07) is 11.4. The summed E-state index contributed by atoms with van der Waals surface area (Å²) in [7, 11) is 0. The van der Waals surface area contributed by atoms with Crippen LogP contribution in [-0.4, -0.2) is 21.2 Å². The van der Waals surface area contributed by atoms with Crippen LogP contribution < -0.4 is 10.6 Å². The van der Waals surface area contributed by atoms with Crippen molar-refractivity contribution in [2.24, 2.45) is 0 Å². The molecule has 0 radical (unpaired) electrons. The van der Waals surface area contributed by atoms with Crippen LogP contribution in [-0.2, 0) is 12.8 Å². The Morgan fingerprint density at radius 2 is 1.80 bits per heavy atom. The number of hydrogen-bond donors (Lipinski definition) is 3. The fraction of sp³-hybridized carbons (Fsp3) is 0.211. The molecule has 0 bridgehead atoms. The predicted octanol–water partition coefficient (Wildman–Crippen LogP) is 3.99. The lowest BCUT2D eigenvalue weighted by Gasteiger charge is -2.16. The van der Waals surface area contributed by atoms with Gasteiger partial charge in [0.25, 0.3) is 0 Å². The Kier molecular flexibility index (Phi) is 4.16. The van der Waals surface area contributed by atoms with Crippen molar-refractivity contribution >= 4 is 17.5 Å². The molecule has 0 saturated heterocycles. The van der Waals surface area contributed by atoms with Crippen molar-refractivity contribution in [1.29, 1.82) is 0 Å². The van der Waals surface area contributed by atoms with E-state index in [-0.39, 0.29) is 6.03 Å². The minimum atomic E-state index is -0.332. The van der Waals surface area contributed by atoms with Gasteiger partial charge in [-0.1, -0.05) is 30.3 Å². The van der Waals surface area contributed by atoms with Gasteiger partial charge in [0.2, 0.25) is 0 Å². The highest BCUT2D eigenvalue weighted by molar-refractivity contribution is 6.01. The van der Waals surface area contributed by atoms with Crippen LogP contribution in [0, 0.1) is 0 Å². The van der Waals surface area contributed by atoms with E-state index in [9.17, 15) is 4.79 Å². The highest BCUT2D eigenvalue weighted by Crippen LogP contribution is 2.25. The van der Waals surface area contributed by atoms with Gasteiger partial charge < -0.3 is 5.32 Å². The van der Waals surface area contributed by atoms with Gasteiger partial charge in [-0.3, -0.25) is 10.4 Å². The number of aromatic nitrogens is 3. The van der Waals surface area contributed by atoms with Crippen molar-refractivity contribution in [3.63, 3.8) is 0 Å². The Morgan fingerprint density at radius 1 is 1.00 bits per heavy atom. The fourth-order valence-electron chi connectivity index (χ4n) is 3.16. The van der Waals surface area contributed by atoms with Crippen LogP contribution in [0.5, 0.6) is 0 Å². The normalized spacial score (nSPS) is 13.1. The summed E-state index contributed by atoms with van der Waals surface area (Å²) >= 11 is 0. The maximum absolute atomic E-state index is 12.3. The largest absolute Gasteiger partial charge is 0.324 e. The zero-order chi connectivity index (χ0) is 17.1. The number of anilines is 2. The van der Waals surface area contributed by atoms with Gasteiger partial charge in [0.15, 0.2) is 0 Å². The monoisotopic (exact) mass is 333 g/mol. The lowest BCUT2D eigenvalue weighted by Crippen LogP contribution is -2.20. The molecular formula is C19H19N5O. The fourth-order valence-corrected chi connectivity index (χ4v) is 3.16. The van der Waals surface area contributed by atoms with Crippen molar-refractivity contribution in [2.45, 2.75) is 25.7 Å². The zero-order valence-electron chi connectivity index (χ0n) is 13.7. The van der Waals surface area contributed by atoms with Crippen LogP contribution in [0.2, 0.25) is 0 Å². The lowest BCUT2D eigenvalue weighted by atomic mass is 9.93. The molecule has 25 heavy (non-hydrogen) atoms. The molecule has 2 aromatic heterocycles. The van der Waals surface area contributed by atoms with Crippen molar-refractivity contribution < 1.29 is 4.79 Å². The second-order valence-corrected chi connectivity index (χ2v) is 6.15. The molecule has 2 heterocycles. The average Bonchev–Trinajstić information content (AvgIpc) is 3.10. The minimum absolute atomic E-state index is 0.332. The first-order chi connectivity index (χ1) is 12.3. The summed E-state index contributed by atoms with van der Waals surface area (Å²) in [4.78, 5) is 16.7. The molecule has 6 nitrogen and oxygen atoms in total. The Morgan fingerprint density at radius 3 is 2.64 bits per heavy atom. The molecule has 0 spiro atoms. The van der Waals surface area contributed by atoms with E-state index in [1.54, 1.807) is 6.20 Å². The second kappa shape index (κ2) is 6.76. The SMILES string of the molecule is O=C(Nc1cc2c(cn1)CCCC2)Nc1cn[nH]c1-c1ccccc1. The minimum Gasteiger partial charge on any atom is -0.304 e. The van der Waals surface area contributed by atoms with E-state index in [4.69, 9.17) is 0 Å². The molecule has 0 aliphatic heterocycles. The maximum atomic E-state index is 12.3. The van der Waals surface area contributed by atoms with Crippen LogP contribution in [0.15, 0.2) is 48.8 Å². The molecule has 0 fully saturated rings. The number of amides is 2. The Bertz CT molecular complexity index is 888. The van der Waals surface area contributed by atoms with Gasteiger partial charge in [-0.15, -0.1) is 0 Å². The summed E-state index contributed by atoms with van der Waals surface area (Å²) in [6.07, 6.45) is 8.00. The highest BCUT2D eigenvalue weighted by atomic mass is 16.2. The van der Waals surface area contributed by atoms with Crippen LogP contribution in [0.3, 0.4) is 0 Å². The van der Waals surface area contributed by atoms with Gasteiger partial charge in [-0.25, -0.2) is 9.78 Å². The van der Waals surface area contributed by atoms with Crippen molar-refractivity contribution in [1.82, 2.24) is 15.2 Å². The lowest BCUT2D eigenvalue weighted by molar-refractivity contribution is 0.262. The van der Waals surface area contributed by atoms with Crippen molar-refractivity contribution in [3.8, 4) is 11.3 Å². The molecule has 3 N–H and O–H groups in total. The van der Waals surface area contributed by atoms with E-state index in [0.29, 0.717) is 11.5 Å². The van der Waals surface area contributed by atoms with E-state index < -0.39 is 0 Å². The number of aromatic amines is 1. The molecular weight excluding hydrogens is 314 g/mol. The molecule has 1 aromatic carbocycles. The van der Waals surface area contributed by atoms with Crippen molar-refractivity contribution in [2.75, 3.05) is 10.6 Å². The number of H-pyrrole nitrogens is 1. The van der Waals surface area contributed by atoms with Gasteiger partial charge in [-0.05, 0) is 42.9 Å². The number of pyridine rings is 1. The Balaban J connectivity index is 1.48. The van der Waals surface area contributed by atoms with Gasteiger partial charge in [0.05, 0.1) is 17.6 Å². The van der Waals surface area contributed by atoms with E-state index in [0.717, 1.165) is 24.1 Å². The molecule has 1 aliphatic carbocycles. The number of urea groups is 1. The molecule has 6 heteroatoms. The zero-order valence-corrected chi connectivity index (χ0v) is 13.7. The van der Waals surface area contributed by atoms with E-state index in [1.165, 1.54) is 24.0 Å². The van der Waals surface area contributed by atoms with Crippen LogP contribution in [0.25, 0.3) is 11.3 Å². The van der Waals surface area contributed by atoms with Gasteiger partial charge in [0.1, 0.15) is 5.82 Å². The predicted molar refractivity (Wildman–Crippen MR) is 97.5 cm³/mol. The molecule has 0 saturated carbocycles. The first kappa shape index (κ1) is 15.4. The molecule has 0 unspecified atom stereocenters. The Labute approximate surface area is 145 Å². The summed E-state index contributed by atoms with van der Waals surface area (Å²) in [6.45, 7) is 0. The molecule has 3 aromatic rings. The number of benzene rings is 1. The highest BCUT2D eigenvalue weighted by Gasteiger charge is 2.13. The molecule has 0 atom stereocenters. The van der Waals surface area contributed by atoms with E-state index in [1.807, 2.05) is 42.6 Å². The number of hydrogen-bond acceptors (Lipinski definition) is 3. The van der Waals surface area contributed by atoms with Crippen LogP contribution in [0.4, 0.5) is 16.3 Å². The third-order valence-corrected chi connectivity index (χ3v) is 4.42. The topological polar surface area (TPSA) is 82.7 Å². The van der Waals surface area contributed by atoms with Gasteiger partial charge >= 0.3 is 6.03 Å². The molecule has 4 rings (SSSR count). The number of carbonyl (C=O) groups excluding carboxylic acids is 1. The number of fused-ring (bicyclic) bond motifs is 1. The molecule has 126 valence electrons. The van der Waals surface area contributed by atoms with Gasteiger partial charge in [0, 0.05) is 11.8 Å². The summed E-state index contributed by atoms with van der Waals surface area (Å²) < 4.78 is 0.